The molecule has 2 aliphatic rings. The number of halogens is 2. The largest absolute Gasteiger partial charge is 0.354 e. The Morgan fingerprint density at radius 3 is 2.36 bits per heavy atom. The van der Waals surface area contributed by atoms with Crippen molar-refractivity contribution in [3.05, 3.63) is 46.0 Å². The summed E-state index contributed by atoms with van der Waals surface area (Å²) in [5, 5.41) is 3.83. The fourth-order valence-electron chi connectivity index (χ4n) is 3.29. The molecule has 7 heteroatoms. The van der Waals surface area contributed by atoms with Crippen molar-refractivity contribution in [2.24, 2.45) is 11.8 Å². The van der Waals surface area contributed by atoms with Crippen molar-refractivity contribution in [2.45, 2.75) is 19.3 Å². The standard InChI is InChI=1S/C18H18Cl2N2O3/c19-12-6-5-11(15(20)9-12)7-8-21-16(23)10-22-17(24)13-3-1-2-4-14(13)18(22)25/h1-2,5-6,9,13-14H,3-4,7-8,10H2,(H,21,23)/t13-,14+. The summed E-state index contributed by atoms with van der Waals surface area (Å²) in [6, 6.07) is 5.20. The highest BCUT2D eigenvalue weighted by molar-refractivity contribution is 6.35. The van der Waals surface area contributed by atoms with Crippen LogP contribution in [0.4, 0.5) is 0 Å². The highest BCUT2D eigenvalue weighted by Gasteiger charge is 2.47. The molecule has 1 saturated heterocycles. The maximum absolute atomic E-state index is 12.3. The molecular formula is C18H18Cl2N2O3. The van der Waals surface area contributed by atoms with E-state index in [4.69, 9.17) is 23.2 Å². The van der Waals surface area contributed by atoms with Crippen LogP contribution in [0, 0.1) is 11.8 Å². The van der Waals surface area contributed by atoms with E-state index in [0.29, 0.717) is 35.9 Å². The quantitative estimate of drug-likeness (QED) is 0.630. The summed E-state index contributed by atoms with van der Waals surface area (Å²) in [5.41, 5.74) is 0.872. The topological polar surface area (TPSA) is 66.5 Å². The third-order valence-corrected chi connectivity index (χ3v) is 5.22. The summed E-state index contributed by atoms with van der Waals surface area (Å²) in [5.74, 6) is -1.44. The van der Waals surface area contributed by atoms with Crippen molar-refractivity contribution >= 4 is 40.9 Å². The smallest absolute Gasteiger partial charge is 0.240 e. The van der Waals surface area contributed by atoms with Crippen molar-refractivity contribution in [2.75, 3.05) is 13.1 Å². The zero-order valence-electron chi connectivity index (χ0n) is 13.5. The van der Waals surface area contributed by atoms with E-state index in [-0.39, 0.29) is 36.1 Å². The Hall–Kier alpha value is -1.85. The fraction of sp³-hybridized carbons (Fsp3) is 0.389. The first kappa shape index (κ1) is 18.0. The first-order valence-corrected chi connectivity index (χ1v) is 8.94. The number of likely N-dealkylation sites (tertiary alicyclic amines) is 1. The second-order valence-corrected chi connectivity index (χ2v) is 7.10. The number of carbonyl (C=O) groups is 3. The number of allylic oxidation sites excluding steroid dienone is 2. The van der Waals surface area contributed by atoms with Crippen molar-refractivity contribution in [3.8, 4) is 0 Å². The number of fused-ring (bicyclic) bond motifs is 1. The lowest BCUT2D eigenvalue weighted by Crippen LogP contribution is -2.41. The van der Waals surface area contributed by atoms with E-state index in [1.807, 2.05) is 18.2 Å². The molecule has 2 atom stereocenters. The van der Waals surface area contributed by atoms with Gasteiger partial charge in [0.1, 0.15) is 6.54 Å². The minimum atomic E-state index is -0.349. The number of imide groups is 1. The molecule has 5 nitrogen and oxygen atoms in total. The van der Waals surface area contributed by atoms with Crippen molar-refractivity contribution in [1.29, 1.82) is 0 Å². The van der Waals surface area contributed by atoms with E-state index in [9.17, 15) is 14.4 Å². The zero-order valence-corrected chi connectivity index (χ0v) is 15.0. The number of hydrogen-bond acceptors (Lipinski definition) is 3. The molecule has 0 aromatic heterocycles. The molecule has 1 aromatic carbocycles. The molecule has 3 rings (SSSR count). The maximum Gasteiger partial charge on any atom is 0.240 e. The average molecular weight is 381 g/mol. The van der Waals surface area contributed by atoms with E-state index < -0.39 is 0 Å². The molecule has 132 valence electrons. The molecule has 3 amide bonds. The van der Waals surface area contributed by atoms with Crippen LogP contribution in [0.25, 0.3) is 0 Å². The molecule has 0 radical (unpaired) electrons. The number of amides is 3. The Labute approximate surface area is 156 Å². The highest BCUT2D eigenvalue weighted by atomic mass is 35.5. The van der Waals surface area contributed by atoms with Gasteiger partial charge in [0.15, 0.2) is 0 Å². The molecule has 1 aliphatic heterocycles. The lowest BCUT2D eigenvalue weighted by molar-refractivity contribution is -0.143. The van der Waals surface area contributed by atoms with Crippen molar-refractivity contribution < 1.29 is 14.4 Å². The van der Waals surface area contributed by atoms with Crippen LogP contribution in [0.15, 0.2) is 30.4 Å². The van der Waals surface area contributed by atoms with Crippen LogP contribution in [0.1, 0.15) is 18.4 Å². The van der Waals surface area contributed by atoms with Crippen LogP contribution in [0.3, 0.4) is 0 Å². The summed E-state index contributed by atoms with van der Waals surface area (Å²) < 4.78 is 0. The Balaban J connectivity index is 1.51. The summed E-state index contributed by atoms with van der Waals surface area (Å²) in [6.45, 7) is 0.143. The van der Waals surface area contributed by atoms with Gasteiger partial charge in [0, 0.05) is 16.6 Å². The van der Waals surface area contributed by atoms with Gasteiger partial charge in [0.2, 0.25) is 17.7 Å². The van der Waals surface area contributed by atoms with Crippen LogP contribution >= 0.6 is 23.2 Å². The van der Waals surface area contributed by atoms with E-state index in [1.165, 1.54) is 0 Å². The summed E-state index contributed by atoms with van der Waals surface area (Å²) in [7, 11) is 0. The molecule has 1 N–H and O–H groups in total. The van der Waals surface area contributed by atoms with Gasteiger partial charge < -0.3 is 5.32 Å². The molecule has 0 unspecified atom stereocenters. The number of nitrogens with one attached hydrogen (secondary N) is 1. The molecule has 1 aromatic rings. The first-order valence-electron chi connectivity index (χ1n) is 8.18. The van der Waals surface area contributed by atoms with Gasteiger partial charge in [-0.1, -0.05) is 41.4 Å². The minimum Gasteiger partial charge on any atom is -0.354 e. The van der Waals surface area contributed by atoms with Crippen LogP contribution in [-0.2, 0) is 20.8 Å². The van der Waals surface area contributed by atoms with E-state index >= 15 is 0 Å². The summed E-state index contributed by atoms with van der Waals surface area (Å²) >= 11 is 11.9. The van der Waals surface area contributed by atoms with Crippen LogP contribution < -0.4 is 5.32 Å². The zero-order chi connectivity index (χ0) is 18.0. The SMILES string of the molecule is O=C(CN1C(=O)[C@H]2CC=CC[C@H]2C1=O)NCCc1ccc(Cl)cc1Cl. The second kappa shape index (κ2) is 7.58. The molecule has 1 heterocycles. The molecule has 0 spiro atoms. The van der Waals surface area contributed by atoms with Gasteiger partial charge >= 0.3 is 0 Å². The third-order valence-electron chi connectivity index (χ3n) is 4.63. The maximum atomic E-state index is 12.3. The lowest BCUT2D eigenvalue weighted by Gasteiger charge is -2.14. The molecule has 1 aliphatic carbocycles. The Morgan fingerprint density at radius 1 is 1.12 bits per heavy atom. The van der Waals surface area contributed by atoms with E-state index in [1.54, 1.807) is 12.1 Å². The van der Waals surface area contributed by atoms with Gasteiger partial charge in [-0.15, -0.1) is 0 Å². The Bertz CT molecular complexity index is 722. The summed E-state index contributed by atoms with van der Waals surface area (Å²) in [4.78, 5) is 37.8. The monoisotopic (exact) mass is 380 g/mol. The van der Waals surface area contributed by atoms with Crippen LogP contribution in [0.5, 0.6) is 0 Å². The van der Waals surface area contributed by atoms with Gasteiger partial charge in [0.25, 0.3) is 0 Å². The highest BCUT2D eigenvalue weighted by Crippen LogP contribution is 2.34. The predicted octanol–water partition coefficient (Wildman–Crippen LogP) is 2.60. The van der Waals surface area contributed by atoms with Crippen LogP contribution in [-0.4, -0.2) is 35.7 Å². The lowest BCUT2D eigenvalue weighted by atomic mass is 9.85. The Kier molecular flexibility index (Phi) is 5.45. The number of benzene rings is 1. The van der Waals surface area contributed by atoms with Gasteiger partial charge in [0.05, 0.1) is 11.8 Å². The normalized spacial score (nSPS) is 22.2. The Morgan fingerprint density at radius 2 is 1.76 bits per heavy atom. The van der Waals surface area contributed by atoms with Crippen molar-refractivity contribution in [1.82, 2.24) is 10.2 Å². The number of hydrogen-bond donors (Lipinski definition) is 1. The van der Waals surface area contributed by atoms with Gasteiger partial charge in [-0.2, -0.15) is 0 Å². The minimum absolute atomic E-state index is 0.223. The molecule has 1 fully saturated rings. The first-order chi connectivity index (χ1) is 12.0. The van der Waals surface area contributed by atoms with Gasteiger partial charge in [-0.3, -0.25) is 19.3 Å². The summed E-state index contributed by atoms with van der Waals surface area (Å²) in [6.07, 6.45) is 5.53. The molecular weight excluding hydrogens is 363 g/mol. The second-order valence-electron chi connectivity index (χ2n) is 6.25. The number of nitrogens with zero attached hydrogens (tertiary/aromatic N) is 1. The molecule has 0 saturated carbocycles. The molecule has 25 heavy (non-hydrogen) atoms. The molecule has 0 bridgehead atoms. The van der Waals surface area contributed by atoms with Crippen molar-refractivity contribution in [3.63, 3.8) is 0 Å². The third kappa shape index (κ3) is 3.88. The predicted molar refractivity (Wildman–Crippen MR) is 95.2 cm³/mol. The van der Waals surface area contributed by atoms with Crippen LogP contribution in [0.2, 0.25) is 10.0 Å². The number of rotatable bonds is 5. The van der Waals surface area contributed by atoms with Gasteiger partial charge in [-0.05, 0) is 37.0 Å². The average Bonchev–Trinajstić information content (AvgIpc) is 2.82. The van der Waals surface area contributed by atoms with E-state index in [2.05, 4.69) is 5.32 Å². The fourth-order valence-corrected chi connectivity index (χ4v) is 3.79. The van der Waals surface area contributed by atoms with E-state index in [0.717, 1.165) is 10.5 Å². The number of carbonyl (C=O) groups excluding carboxylic acids is 3. The van der Waals surface area contributed by atoms with Gasteiger partial charge in [-0.25, -0.2) is 0 Å².